The van der Waals surface area contributed by atoms with E-state index in [9.17, 15) is 18.1 Å². The van der Waals surface area contributed by atoms with Crippen molar-refractivity contribution >= 4 is 5.97 Å². The van der Waals surface area contributed by atoms with Crippen molar-refractivity contribution < 1.29 is 32.9 Å². The van der Waals surface area contributed by atoms with Crippen molar-refractivity contribution in [1.82, 2.24) is 0 Å². The highest BCUT2D eigenvalue weighted by molar-refractivity contribution is 5.88. The molecule has 0 heterocycles. The fourth-order valence-corrected chi connectivity index (χ4v) is 0.476. The summed E-state index contributed by atoms with van der Waals surface area (Å²) in [6, 6.07) is 0. The Hall–Kier alpha value is -1.08. The second-order valence-corrected chi connectivity index (χ2v) is 1.88. The van der Waals surface area contributed by atoms with Gasteiger partial charge >= 0.3 is 5.97 Å². The predicted octanol–water partition coefficient (Wildman–Crippen LogP) is 0.574. The van der Waals surface area contributed by atoms with Gasteiger partial charge in [-0.25, -0.2) is 9.74 Å². The minimum Gasteiger partial charge on any atom is -0.394 e. The van der Waals surface area contributed by atoms with Gasteiger partial charge in [-0.05, 0) is 0 Å². The van der Waals surface area contributed by atoms with Crippen LogP contribution in [0.25, 0.3) is 0 Å². The van der Waals surface area contributed by atoms with Crippen LogP contribution in [-0.2, 0) is 14.5 Å². The molecule has 0 spiro atoms. The fourth-order valence-electron chi connectivity index (χ4n) is 0.476. The molecular formula is C6H7F3O4. The predicted molar refractivity (Wildman–Crippen MR) is 34.3 cm³/mol. The number of halogens is 3. The van der Waals surface area contributed by atoms with E-state index in [1.807, 2.05) is 0 Å². The summed E-state index contributed by atoms with van der Waals surface area (Å²) in [5.41, 5.74) is -1.20. The number of aliphatic hydroxyl groups is 1. The molecule has 0 bridgehead atoms. The van der Waals surface area contributed by atoms with Crippen molar-refractivity contribution in [3.05, 3.63) is 11.7 Å². The van der Waals surface area contributed by atoms with E-state index in [1.165, 1.54) is 0 Å². The van der Waals surface area contributed by atoms with E-state index < -0.39 is 24.2 Å². The molecule has 0 radical (unpaired) electrons. The lowest BCUT2D eigenvalue weighted by Gasteiger charge is -2.01. The first-order valence-electron chi connectivity index (χ1n) is 3.19. The Kier molecular flexibility index (Phi) is 5.90. The number of aliphatic hydroxyl groups excluding tert-OH is 1. The highest BCUT2D eigenvalue weighted by atomic mass is 19.3. The topological polar surface area (TPSA) is 55.8 Å². The molecule has 0 saturated heterocycles. The number of hydrogen-bond acceptors (Lipinski definition) is 4. The summed E-state index contributed by atoms with van der Waals surface area (Å²) in [5, 5.41) is 8.19. The molecule has 0 aliphatic carbocycles. The second kappa shape index (κ2) is 6.44. The molecule has 0 aromatic rings. The van der Waals surface area contributed by atoms with Crippen LogP contribution in [0.2, 0.25) is 0 Å². The molecule has 4 nitrogen and oxygen atoms in total. The first kappa shape index (κ1) is 11.9. The second-order valence-electron chi connectivity index (χ2n) is 1.88. The Bertz CT molecular complexity index is 200. The largest absolute Gasteiger partial charge is 0.394 e. The zero-order chi connectivity index (χ0) is 10.3. The molecule has 0 aromatic carbocycles. The maximum Gasteiger partial charge on any atom is 0.383 e. The first-order valence-corrected chi connectivity index (χ1v) is 3.19. The van der Waals surface area contributed by atoms with Crippen LogP contribution < -0.4 is 0 Å². The van der Waals surface area contributed by atoms with Crippen LogP contribution in [0.4, 0.5) is 13.3 Å². The van der Waals surface area contributed by atoms with E-state index in [1.54, 1.807) is 0 Å². The number of carbonyl (C=O) groups is 1. The van der Waals surface area contributed by atoms with Gasteiger partial charge < -0.3 is 9.84 Å². The van der Waals surface area contributed by atoms with Gasteiger partial charge in [0.15, 0.2) is 0 Å². The lowest BCUT2D eigenvalue weighted by Crippen LogP contribution is -2.12. The van der Waals surface area contributed by atoms with Crippen LogP contribution in [0.3, 0.4) is 0 Å². The van der Waals surface area contributed by atoms with Crippen LogP contribution in [-0.4, -0.2) is 30.9 Å². The molecule has 0 atom stereocenters. The molecular weight excluding hydrogens is 193 g/mol. The van der Waals surface area contributed by atoms with Crippen molar-refractivity contribution in [1.29, 1.82) is 0 Å². The van der Waals surface area contributed by atoms with Gasteiger partial charge in [0, 0.05) is 4.53 Å². The normalized spacial score (nSPS) is 9.54. The van der Waals surface area contributed by atoms with Gasteiger partial charge in [0.2, 0.25) is 0 Å². The molecule has 1 N–H and O–H groups in total. The molecule has 76 valence electrons. The third-order valence-electron chi connectivity index (χ3n) is 1.03. The summed E-state index contributed by atoms with van der Waals surface area (Å²) in [5.74, 6) is -1.79. The van der Waals surface area contributed by atoms with E-state index in [4.69, 9.17) is 5.11 Å². The molecule has 0 unspecified atom stereocenters. The van der Waals surface area contributed by atoms with E-state index in [0.29, 0.717) is 0 Å². The first-order chi connectivity index (χ1) is 6.13. The van der Waals surface area contributed by atoms with Crippen LogP contribution in [0.5, 0.6) is 0 Å². The number of hydrogen-bond donors (Lipinski definition) is 1. The van der Waals surface area contributed by atoms with Crippen LogP contribution >= 0.6 is 0 Å². The maximum atomic E-state index is 11.8. The third-order valence-corrected chi connectivity index (χ3v) is 1.03. The minimum absolute atomic E-state index is 0.226. The fraction of sp³-hybridized carbons (Fsp3) is 0.500. The third kappa shape index (κ3) is 4.48. The molecule has 13 heavy (non-hydrogen) atoms. The van der Waals surface area contributed by atoms with Gasteiger partial charge in [0.25, 0.3) is 6.08 Å². The van der Waals surface area contributed by atoms with Crippen molar-refractivity contribution in [2.75, 3.05) is 19.8 Å². The Morgan fingerprint density at radius 2 is 2.00 bits per heavy atom. The SMILES string of the molecule is O=C(OF)C(COCCO)=C(F)F. The molecule has 0 rings (SSSR count). The zero-order valence-corrected chi connectivity index (χ0v) is 6.43. The van der Waals surface area contributed by atoms with Gasteiger partial charge in [0.1, 0.15) is 5.57 Å². The maximum absolute atomic E-state index is 11.8. The lowest BCUT2D eigenvalue weighted by molar-refractivity contribution is -0.179. The molecule has 0 fully saturated rings. The van der Waals surface area contributed by atoms with Crippen LogP contribution in [0, 0.1) is 0 Å². The number of ether oxygens (including phenoxy) is 1. The molecule has 0 aromatic heterocycles. The summed E-state index contributed by atoms with van der Waals surface area (Å²) in [6.07, 6.45) is -2.37. The quantitative estimate of drug-likeness (QED) is 0.520. The molecule has 0 saturated carbocycles. The van der Waals surface area contributed by atoms with E-state index >= 15 is 0 Å². The summed E-state index contributed by atoms with van der Waals surface area (Å²) in [4.78, 5) is 12.9. The average Bonchev–Trinajstić information content (AvgIpc) is 2.11. The van der Waals surface area contributed by atoms with Gasteiger partial charge in [-0.2, -0.15) is 8.78 Å². The summed E-state index contributed by atoms with van der Waals surface area (Å²) >= 11 is 0. The van der Waals surface area contributed by atoms with E-state index in [0.717, 1.165) is 0 Å². The minimum atomic E-state index is -2.37. The Labute approximate surface area is 71.5 Å². The van der Waals surface area contributed by atoms with Crippen molar-refractivity contribution in [3.8, 4) is 0 Å². The van der Waals surface area contributed by atoms with E-state index in [2.05, 4.69) is 9.68 Å². The lowest BCUT2D eigenvalue weighted by atomic mass is 10.3. The van der Waals surface area contributed by atoms with Gasteiger partial charge in [-0.3, -0.25) is 0 Å². The Morgan fingerprint density at radius 1 is 1.38 bits per heavy atom. The zero-order valence-electron chi connectivity index (χ0n) is 6.43. The number of carbonyl (C=O) groups excluding carboxylic acids is 1. The highest BCUT2D eigenvalue weighted by Gasteiger charge is 2.18. The molecule has 0 aliphatic heterocycles. The number of rotatable bonds is 5. The van der Waals surface area contributed by atoms with Crippen molar-refractivity contribution in [3.63, 3.8) is 0 Å². The van der Waals surface area contributed by atoms with Crippen LogP contribution in [0.15, 0.2) is 11.7 Å². The Morgan fingerprint density at radius 3 is 2.38 bits per heavy atom. The summed E-state index contributed by atoms with van der Waals surface area (Å²) in [7, 11) is 0. The van der Waals surface area contributed by atoms with Gasteiger partial charge in [-0.1, -0.05) is 0 Å². The summed E-state index contributed by atoms with van der Waals surface area (Å²) < 4.78 is 39.2. The summed E-state index contributed by atoms with van der Waals surface area (Å²) in [6.45, 7) is -1.41. The van der Waals surface area contributed by atoms with Crippen molar-refractivity contribution in [2.24, 2.45) is 0 Å². The molecule has 0 amide bonds. The average molecular weight is 200 g/mol. The van der Waals surface area contributed by atoms with Gasteiger partial charge in [0.05, 0.1) is 19.8 Å². The van der Waals surface area contributed by atoms with Crippen molar-refractivity contribution in [2.45, 2.75) is 0 Å². The Balaban J connectivity index is 4.14. The van der Waals surface area contributed by atoms with Crippen LogP contribution in [0.1, 0.15) is 0 Å². The highest BCUT2D eigenvalue weighted by Crippen LogP contribution is 2.10. The smallest absolute Gasteiger partial charge is 0.383 e. The van der Waals surface area contributed by atoms with E-state index in [-0.39, 0.29) is 13.2 Å². The van der Waals surface area contributed by atoms with Gasteiger partial charge in [-0.15, -0.1) is 0 Å². The monoisotopic (exact) mass is 200 g/mol. The molecule has 7 heteroatoms. The molecule has 0 aliphatic rings. The standard InChI is InChI=1S/C6H7F3O4/c7-5(8)4(6(11)13-9)3-12-2-1-10/h10H,1-3H2.